The third-order valence-corrected chi connectivity index (χ3v) is 3.43. The van der Waals surface area contributed by atoms with Crippen molar-refractivity contribution in [2.75, 3.05) is 6.54 Å². The molecule has 114 valence electrons. The van der Waals surface area contributed by atoms with Crippen LogP contribution in [-0.4, -0.2) is 23.7 Å². The predicted octanol–water partition coefficient (Wildman–Crippen LogP) is 4.22. The summed E-state index contributed by atoms with van der Waals surface area (Å²) in [7, 11) is 0. The number of carboxylic acid groups (broad SMARTS) is 1. The van der Waals surface area contributed by atoms with Gasteiger partial charge in [0.25, 0.3) is 0 Å². The molecule has 3 nitrogen and oxygen atoms in total. The van der Waals surface area contributed by atoms with E-state index in [1.54, 1.807) is 0 Å². The van der Waals surface area contributed by atoms with Crippen LogP contribution in [-0.2, 0) is 4.79 Å². The van der Waals surface area contributed by atoms with Gasteiger partial charge in [-0.1, -0.05) is 65.7 Å². The second kappa shape index (κ2) is 12.5. The molecule has 1 unspecified atom stereocenters. The van der Waals surface area contributed by atoms with Crippen LogP contribution >= 0.6 is 0 Å². The van der Waals surface area contributed by atoms with Crippen molar-refractivity contribution >= 4 is 5.97 Å². The third kappa shape index (κ3) is 12.2. The topological polar surface area (TPSA) is 49.3 Å². The highest BCUT2D eigenvalue weighted by Gasteiger charge is 2.17. The van der Waals surface area contributed by atoms with Gasteiger partial charge in [-0.2, -0.15) is 0 Å². The van der Waals surface area contributed by atoms with Crippen molar-refractivity contribution in [1.82, 2.24) is 5.32 Å². The largest absolute Gasteiger partial charge is 0.480 e. The highest BCUT2D eigenvalue weighted by atomic mass is 16.4. The molecule has 0 radical (unpaired) electrons. The molecule has 0 aromatic carbocycles. The van der Waals surface area contributed by atoms with Crippen LogP contribution in [0, 0.1) is 5.92 Å². The van der Waals surface area contributed by atoms with Crippen molar-refractivity contribution in [3.05, 3.63) is 0 Å². The summed E-state index contributed by atoms with van der Waals surface area (Å²) in [5.41, 5.74) is 0. The molecule has 0 saturated heterocycles. The van der Waals surface area contributed by atoms with Crippen molar-refractivity contribution in [3.63, 3.8) is 0 Å². The first-order chi connectivity index (χ1) is 9.07. The number of rotatable bonds is 13. The maximum atomic E-state index is 11.0. The second-order valence-corrected chi connectivity index (χ2v) is 5.95. The van der Waals surface area contributed by atoms with E-state index in [1.807, 2.05) is 0 Å². The fraction of sp³-hybridized carbons (Fsp3) is 0.938. The lowest BCUT2D eigenvalue weighted by atomic mass is 10.0. The van der Waals surface area contributed by atoms with Crippen LogP contribution in [0.4, 0.5) is 0 Å². The monoisotopic (exact) mass is 271 g/mol. The van der Waals surface area contributed by atoms with Crippen molar-refractivity contribution < 1.29 is 9.90 Å². The van der Waals surface area contributed by atoms with Crippen LogP contribution in [0.2, 0.25) is 0 Å². The van der Waals surface area contributed by atoms with Gasteiger partial charge in [-0.3, -0.25) is 4.79 Å². The van der Waals surface area contributed by atoms with Crippen molar-refractivity contribution in [1.29, 1.82) is 0 Å². The van der Waals surface area contributed by atoms with Crippen LogP contribution in [0.15, 0.2) is 0 Å². The number of carboxylic acids is 1. The molecule has 0 spiro atoms. The van der Waals surface area contributed by atoms with Crippen LogP contribution in [0.25, 0.3) is 0 Å². The molecule has 0 bridgehead atoms. The van der Waals surface area contributed by atoms with E-state index < -0.39 is 5.97 Å². The molecule has 0 amide bonds. The standard InChI is InChI=1S/C16H33NO2/c1-4-5-6-7-8-9-10-11-12-17-15(16(18)19)13-14(2)3/h14-15,17H,4-13H2,1-3H3,(H,18,19). The molecule has 1 atom stereocenters. The number of hydrogen-bond donors (Lipinski definition) is 2. The highest BCUT2D eigenvalue weighted by molar-refractivity contribution is 5.73. The summed E-state index contributed by atoms with van der Waals surface area (Å²) in [5, 5.41) is 12.2. The Morgan fingerprint density at radius 2 is 1.53 bits per heavy atom. The van der Waals surface area contributed by atoms with Crippen LogP contribution in [0.3, 0.4) is 0 Å². The zero-order valence-corrected chi connectivity index (χ0v) is 13.1. The van der Waals surface area contributed by atoms with E-state index in [2.05, 4.69) is 26.1 Å². The maximum absolute atomic E-state index is 11.0. The Kier molecular flexibility index (Phi) is 12.1. The van der Waals surface area contributed by atoms with Gasteiger partial charge < -0.3 is 10.4 Å². The lowest BCUT2D eigenvalue weighted by Gasteiger charge is -2.16. The molecule has 0 aliphatic rings. The van der Waals surface area contributed by atoms with E-state index in [9.17, 15) is 4.79 Å². The minimum Gasteiger partial charge on any atom is -0.480 e. The number of nitrogens with one attached hydrogen (secondary N) is 1. The molecule has 3 heteroatoms. The average Bonchev–Trinajstić information content (AvgIpc) is 2.34. The Balaban J connectivity index is 3.42. The lowest BCUT2D eigenvalue weighted by Crippen LogP contribution is -2.38. The fourth-order valence-corrected chi connectivity index (χ4v) is 2.28. The molecule has 0 aliphatic heterocycles. The minimum atomic E-state index is -0.715. The molecule has 0 fully saturated rings. The summed E-state index contributed by atoms with van der Waals surface area (Å²) >= 11 is 0. The average molecular weight is 271 g/mol. The first kappa shape index (κ1) is 18.4. The molecule has 0 heterocycles. The van der Waals surface area contributed by atoms with E-state index in [4.69, 9.17) is 5.11 Å². The Hall–Kier alpha value is -0.570. The van der Waals surface area contributed by atoms with E-state index in [-0.39, 0.29) is 6.04 Å². The van der Waals surface area contributed by atoms with Gasteiger partial charge in [0, 0.05) is 0 Å². The smallest absolute Gasteiger partial charge is 0.320 e. The normalized spacial score (nSPS) is 12.8. The van der Waals surface area contributed by atoms with Crippen molar-refractivity contribution in [3.8, 4) is 0 Å². The molecular weight excluding hydrogens is 238 g/mol. The minimum absolute atomic E-state index is 0.371. The van der Waals surface area contributed by atoms with Gasteiger partial charge in [0.15, 0.2) is 0 Å². The summed E-state index contributed by atoms with van der Waals surface area (Å²) in [5.74, 6) is -0.291. The fourth-order valence-electron chi connectivity index (χ4n) is 2.28. The number of hydrogen-bond acceptors (Lipinski definition) is 2. The van der Waals surface area contributed by atoms with Gasteiger partial charge in [-0.15, -0.1) is 0 Å². The molecule has 0 saturated carbocycles. The Labute approximate surface area is 119 Å². The summed E-state index contributed by atoms with van der Waals surface area (Å²) in [6.45, 7) is 7.20. The molecule has 0 aromatic heterocycles. The summed E-state index contributed by atoms with van der Waals surface area (Å²) < 4.78 is 0. The van der Waals surface area contributed by atoms with E-state index in [0.29, 0.717) is 12.3 Å². The molecule has 0 rings (SSSR count). The Bertz CT molecular complexity index is 217. The summed E-state index contributed by atoms with van der Waals surface area (Å²) in [6.07, 6.45) is 11.0. The van der Waals surface area contributed by atoms with Gasteiger partial charge in [0.05, 0.1) is 0 Å². The summed E-state index contributed by atoms with van der Waals surface area (Å²) in [4.78, 5) is 11.0. The third-order valence-electron chi connectivity index (χ3n) is 3.43. The van der Waals surface area contributed by atoms with Crippen molar-refractivity contribution in [2.24, 2.45) is 5.92 Å². The Morgan fingerprint density at radius 3 is 2.00 bits per heavy atom. The molecule has 2 N–H and O–H groups in total. The lowest BCUT2D eigenvalue weighted by molar-refractivity contribution is -0.139. The summed E-state index contributed by atoms with van der Waals surface area (Å²) in [6, 6.07) is -0.371. The first-order valence-corrected chi connectivity index (χ1v) is 8.04. The molecule has 0 aromatic rings. The molecule has 19 heavy (non-hydrogen) atoms. The zero-order valence-electron chi connectivity index (χ0n) is 13.1. The SMILES string of the molecule is CCCCCCCCCCNC(CC(C)C)C(=O)O. The molecular formula is C16H33NO2. The zero-order chi connectivity index (χ0) is 14.5. The Morgan fingerprint density at radius 1 is 1.00 bits per heavy atom. The van der Waals surface area contributed by atoms with E-state index in [0.717, 1.165) is 13.0 Å². The van der Waals surface area contributed by atoms with Gasteiger partial charge >= 0.3 is 5.97 Å². The highest BCUT2D eigenvalue weighted by Crippen LogP contribution is 2.09. The van der Waals surface area contributed by atoms with Gasteiger partial charge in [-0.25, -0.2) is 0 Å². The van der Waals surface area contributed by atoms with Gasteiger partial charge in [0.1, 0.15) is 6.04 Å². The molecule has 0 aliphatic carbocycles. The van der Waals surface area contributed by atoms with Crippen LogP contribution < -0.4 is 5.32 Å². The number of carbonyl (C=O) groups is 1. The van der Waals surface area contributed by atoms with E-state index in [1.165, 1.54) is 44.9 Å². The number of unbranched alkanes of at least 4 members (excludes halogenated alkanes) is 7. The van der Waals surface area contributed by atoms with Crippen molar-refractivity contribution in [2.45, 2.75) is 84.6 Å². The van der Waals surface area contributed by atoms with Crippen LogP contribution in [0.5, 0.6) is 0 Å². The quantitative estimate of drug-likeness (QED) is 0.493. The number of aliphatic carboxylic acids is 1. The second-order valence-electron chi connectivity index (χ2n) is 5.95. The maximum Gasteiger partial charge on any atom is 0.320 e. The van der Waals surface area contributed by atoms with Crippen LogP contribution in [0.1, 0.15) is 78.6 Å². The van der Waals surface area contributed by atoms with Gasteiger partial charge in [-0.05, 0) is 25.3 Å². The van der Waals surface area contributed by atoms with E-state index >= 15 is 0 Å². The predicted molar refractivity (Wildman–Crippen MR) is 81.5 cm³/mol. The first-order valence-electron chi connectivity index (χ1n) is 8.04. The van der Waals surface area contributed by atoms with Gasteiger partial charge in [0.2, 0.25) is 0 Å².